The van der Waals surface area contributed by atoms with Crippen molar-refractivity contribution in [2.24, 2.45) is 17.8 Å². The van der Waals surface area contributed by atoms with Crippen molar-refractivity contribution in [2.45, 2.75) is 43.9 Å². The molecular formula is C20H20O4. The van der Waals surface area contributed by atoms with Crippen LogP contribution in [0.5, 0.6) is 0 Å². The summed E-state index contributed by atoms with van der Waals surface area (Å²) in [5.74, 6) is 0.552. The highest BCUT2D eigenvalue weighted by atomic mass is 16.5. The Kier molecular flexibility index (Phi) is 3.42. The number of hydrogen-bond acceptors (Lipinski definition) is 3. The molecule has 4 fully saturated rings. The second kappa shape index (κ2) is 5.37. The lowest BCUT2D eigenvalue weighted by atomic mass is 9.47. The lowest BCUT2D eigenvalue weighted by Gasteiger charge is -2.57. The Morgan fingerprint density at radius 2 is 1.71 bits per heavy atom. The minimum atomic E-state index is -0.933. The van der Waals surface area contributed by atoms with Crippen molar-refractivity contribution in [2.75, 3.05) is 0 Å². The summed E-state index contributed by atoms with van der Waals surface area (Å²) in [5.41, 5.74) is 1.35. The fourth-order valence-corrected chi connectivity index (χ4v) is 5.85. The van der Waals surface area contributed by atoms with Gasteiger partial charge in [-0.3, -0.25) is 0 Å². The summed E-state index contributed by atoms with van der Waals surface area (Å²) in [6, 6.07) is 4.74. The highest BCUT2D eigenvalue weighted by Gasteiger charge is 2.52. The van der Waals surface area contributed by atoms with E-state index in [4.69, 9.17) is 6.42 Å². The van der Waals surface area contributed by atoms with Crippen molar-refractivity contribution < 1.29 is 19.4 Å². The molecule has 0 amide bonds. The van der Waals surface area contributed by atoms with Crippen LogP contribution in [0.15, 0.2) is 18.2 Å². The first-order valence-electron chi connectivity index (χ1n) is 8.55. The van der Waals surface area contributed by atoms with E-state index in [9.17, 15) is 14.7 Å². The van der Waals surface area contributed by atoms with Crippen LogP contribution in [-0.4, -0.2) is 17.0 Å². The molecule has 0 aromatic heterocycles. The molecule has 0 aliphatic heterocycles. The third-order valence-corrected chi connectivity index (χ3v) is 6.25. The average molecular weight is 324 g/mol. The summed E-state index contributed by atoms with van der Waals surface area (Å²) in [7, 11) is 0. The Labute approximate surface area is 141 Å². The molecule has 4 bridgehead atoms. The largest absolute Gasteiger partial charge is 0.478 e. The maximum Gasteiger partial charge on any atom is 0.352 e. The molecular weight excluding hydrogens is 304 g/mol. The van der Waals surface area contributed by atoms with Gasteiger partial charge in [-0.15, -0.1) is 0 Å². The Bertz CT molecular complexity index is 720. The molecule has 1 aromatic carbocycles. The van der Waals surface area contributed by atoms with E-state index in [1.54, 1.807) is 6.07 Å². The molecule has 24 heavy (non-hydrogen) atoms. The highest BCUT2D eigenvalue weighted by Crippen LogP contribution is 2.61. The van der Waals surface area contributed by atoms with E-state index in [2.05, 4.69) is 4.74 Å². The molecule has 0 unspecified atom stereocenters. The first-order chi connectivity index (χ1) is 11.5. The van der Waals surface area contributed by atoms with Crippen LogP contribution in [0.2, 0.25) is 0 Å². The number of rotatable bonds is 3. The summed E-state index contributed by atoms with van der Waals surface area (Å²) in [4.78, 5) is 23.8. The quantitative estimate of drug-likeness (QED) is 0.681. The van der Waals surface area contributed by atoms with Crippen molar-refractivity contribution >= 4 is 11.9 Å². The number of carboxylic acids is 1. The Hall–Kier alpha value is -2.28. The predicted octanol–water partition coefficient (Wildman–Crippen LogP) is 3.60. The molecule has 4 aliphatic rings. The number of carboxylic acid groups (broad SMARTS) is 1. The third-order valence-electron chi connectivity index (χ3n) is 6.25. The topological polar surface area (TPSA) is 63.6 Å². The third kappa shape index (κ3) is 2.31. The summed E-state index contributed by atoms with van der Waals surface area (Å²) in [6.45, 7) is 0. The fourth-order valence-electron chi connectivity index (χ4n) is 5.85. The van der Waals surface area contributed by atoms with Gasteiger partial charge in [0.2, 0.25) is 0 Å². The highest BCUT2D eigenvalue weighted by molar-refractivity contribution is 5.94. The Morgan fingerprint density at radius 1 is 1.12 bits per heavy atom. The number of carbonyl (C=O) groups is 2. The van der Waals surface area contributed by atoms with Gasteiger partial charge >= 0.3 is 11.9 Å². The van der Waals surface area contributed by atoms with Crippen LogP contribution in [0.4, 0.5) is 0 Å². The second-order valence-electron chi connectivity index (χ2n) is 7.77. The molecule has 4 heteroatoms. The van der Waals surface area contributed by atoms with Crippen molar-refractivity contribution in [3.63, 3.8) is 0 Å². The van der Waals surface area contributed by atoms with Gasteiger partial charge in [0.1, 0.15) is 6.11 Å². The second-order valence-corrected chi connectivity index (χ2v) is 7.77. The molecule has 1 aromatic rings. The van der Waals surface area contributed by atoms with E-state index in [1.807, 2.05) is 6.11 Å². The van der Waals surface area contributed by atoms with Gasteiger partial charge in [-0.05, 0) is 85.5 Å². The molecule has 0 radical (unpaired) electrons. The first-order valence-corrected chi connectivity index (χ1v) is 8.55. The fraction of sp³-hybridized carbons (Fsp3) is 0.500. The number of ether oxygens (including phenoxy) is 1. The van der Waals surface area contributed by atoms with E-state index in [0.29, 0.717) is 28.9 Å². The van der Waals surface area contributed by atoms with Gasteiger partial charge in [0, 0.05) is 0 Å². The van der Waals surface area contributed by atoms with Crippen LogP contribution in [0, 0.1) is 30.3 Å². The van der Waals surface area contributed by atoms with Crippen LogP contribution in [0.25, 0.3) is 0 Å². The molecule has 0 saturated heterocycles. The Morgan fingerprint density at radius 3 is 2.21 bits per heavy atom. The molecule has 4 nitrogen and oxygen atoms in total. The molecule has 5 rings (SSSR count). The van der Waals surface area contributed by atoms with Crippen LogP contribution in [-0.2, 0) is 10.2 Å². The predicted molar refractivity (Wildman–Crippen MR) is 87.5 cm³/mol. The van der Waals surface area contributed by atoms with E-state index in [0.717, 1.165) is 24.8 Å². The van der Waals surface area contributed by atoms with Crippen LogP contribution < -0.4 is 0 Å². The lowest BCUT2D eigenvalue weighted by molar-refractivity contribution is -0.00585. The number of aromatic carboxylic acids is 1. The molecule has 0 spiro atoms. The number of terminal acetylenes is 1. The zero-order chi connectivity index (χ0) is 16.9. The molecule has 4 aliphatic carbocycles. The standard InChI is InChI=1S/C20H20O4/c1-2-24-19(23)15-3-4-16(18(21)22)17(8-15)20-9-12-5-13(10-20)7-14(6-12)11-20/h1,3-4,8,12-14H,5-7,9-11H2,(H,21,22). The summed E-state index contributed by atoms with van der Waals surface area (Å²) < 4.78 is 4.64. The van der Waals surface area contributed by atoms with Gasteiger partial charge in [0.25, 0.3) is 0 Å². The summed E-state index contributed by atoms with van der Waals surface area (Å²) in [5, 5.41) is 9.65. The number of benzene rings is 1. The lowest BCUT2D eigenvalue weighted by Crippen LogP contribution is -2.49. The van der Waals surface area contributed by atoms with Gasteiger partial charge in [-0.25, -0.2) is 9.59 Å². The zero-order valence-electron chi connectivity index (χ0n) is 13.5. The van der Waals surface area contributed by atoms with Crippen LogP contribution in [0.3, 0.4) is 0 Å². The van der Waals surface area contributed by atoms with Crippen molar-refractivity contribution in [3.8, 4) is 12.5 Å². The zero-order valence-corrected chi connectivity index (χ0v) is 13.5. The Balaban J connectivity index is 1.81. The number of hydrogen-bond donors (Lipinski definition) is 1. The van der Waals surface area contributed by atoms with Gasteiger partial charge in [0.15, 0.2) is 0 Å². The van der Waals surface area contributed by atoms with E-state index in [1.165, 1.54) is 31.4 Å². The normalized spacial score (nSPS) is 33.0. The van der Waals surface area contributed by atoms with Crippen LogP contribution in [0.1, 0.15) is 64.8 Å². The van der Waals surface area contributed by atoms with Gasteiger partial charge in [-0.1, -0.05) is 6.42 Å². The van der Waals surface area contributed by atoms with E-state index >= 15 is 0 Å². The van der Waals surface area contributed by atoms with Gasteiger partial charge < -0.3 is 9.84 Å². The molecule has 4 saturated carbocycles. The molecule has 124 valence electrons. The maximum atomic E-state index is 12.0. The molecule has 0 heterocycles. The smallest absolute Gasteiger partial charge is 0.352 e. The SMILES string of the molecule is C#COC(=O)c1ccc(C(=O)O)c(C23CC4CC(CC(C4)C2)C3)c1. The van der Waals surface area contributed by atoms with Crippen molar-refractivity contribution in [3.05, 3.63) is 34.9 Å². The van der Waals surface area contributed by atoms with E-state index in [-0.39, 0.29) is 5.41 Å². The molecule has 0 atom stereocenters. The van der Waals surface area contributed by atoms with Gasteiger partial charge in [-0.2, -0.15) is 0 Å². The number of carbonyl (C=O) groups excluding carboxylic acids is 1. The first kappa shape index (κ1) is 15.3. The van der Waals surface area contributed by atoms with E-state index < -0.39 is 11.9 Å². The molecule has 1 N–H and O–H groups in total. The monoisotopic (exact) mass is 324 g/mol. The maximum absolute atomic E-state index is 12.0. The number of esters is 1. The van der Waals surface area contributed by atoms with Crippen molar-refractivity contribution in [1.29, 1.82) is 0 Å². The average Bonchev–Trinajstić information content (AvgIpc) is 2.53. The van der Waals surface area contributed by atoms with Crippen LogP contribution >= 0.6 is 0 Å². The van der Waals surface area contributed by atoms with Gasteiger partial charge in [0.05, 0.1) is 11.1 Å². The minimum absolute atomic E-state index is 0.102. The minimum Gasteiger partial charge on any atom is -0.478 e. The van der Waals surface area contributed by atoms with Crippen molar-refractivity contribution in [1.82, 2.24) is 0 Å². The summed E-state index contributed by atoms with van der Waals surface area (Å²) in [6.07, 6.45) is 13.9. The summed E-state index contributed by atoms with van der Waals surface area (Å²) >= 11 is 0.